The second kappa shape index (κ2) is 6.70. The van der Waals surface area contributed by atoms with Crippen LogP contribution in [0.15, 0.2) is 40.6 Å². The van der Waals surface area contributed by atoms with Gasteiger partial charge >= 0.3 is 0 Å². The third-order valence-electron chi connectivity index (χ3n) is 3.43. The second-order valence-electron chi connectivity index (χ2n) is 4.96. The minimum absolute atomic E-state index is 0.335. The molecular weight excluding hydrogens is 304 g/mol. The van der Waals surface area contributed by atoms with Gasteiger partial charge in [0.25, 0.3) is 0 Å². The molecule has 0 aliphatic carbocycles. The maximum absolute atomic E-state index is 12.7. The van der Waals surface area contributed by atoms with E-state index in [2.05, 4.69) is 0 Å². The first kappa shape index (κ1) is 16.2. The number of aryl methyl sites for hydroxylation is 1. The molecule has 1 heterocycles. The van der Waals surface area contributed by atoms with Crippen molar-refractivity contribution < 1.29 is 8.42 Å². The van der Waals surface area contributed by atoms with E-state index in [1.54, 1.807) is 31.4 Å². The van der Waals surface area contributed by atoms with Crippen molar-refractivity contribution in [1.29, 1.82) is 0 Å². The summed E-state index contributed by atoms with van der Waals surface area (Å²) in [5.74, 6) is 0. The molecule has 0 saturated carbocycles. The van der Waals surface area contributed by atoms with E-state index in [-0.39, 0.29) is 0 Å². The highest BCUT2D eigenvalue weighted by molar-refractivity contribution is 7.89. The predicted octanol–water partition coefficient (Wildman–Crippen LogP) is 2.38. The van der Waals surface area contributed by atoms with Gasteiger partial charge in [-0.2, -0.15) is 0 Å². The Morgan fingerprint density at radius 3 is 2.67 bits per heavy atom. The molecule has 1 aromatic heterocycles. The minimum Gasteiger partial charge on any atom is -0.326 e. The minimum atomic E-state index is -3.47. The molecule has 0 spiro atoms. The number of thiophene rings is 1. The summed E-state index contributed by atoms with van der Waals surface area (Å²) in [5, 5.41) is 2.00. The van der Waals surface area contributed by atoms with Crippen LogP contribution in [-0.4, -0.2) is 26.3 Å². The van der Waals surface area contributed by atoms with Crippen LogP contribution in [0.4, 0.5) is 0 Å². The molecule has 0 bridgehead atoms. The van der Waals surface area contributed by atoms with Crippen LogP contribution in [0.3, 0.4) is 0 Å². The zero-order valence-corrected chi connectivity index (χ0v) is 13.9. The van der Waals surface area contributed by atoms with Crippen molar-refractivity contribution >= 4 is 21.4 Å². The fraction of sp³-hybridized carbons (Fsp3) is 0.333. The Morgan fingerprint density at radius 1 is 1.29 bits per heavy atom. The first-order valence-corrected chi connectivity index (χ1v) is 9.05. The maximum atomic E-state index is 12.7. The molecule has 0 radical (unpaired) electrons. The van der Waals surface area contributed by atoms with Gasteiger partial charge in [-0.3, -0.25) is 0 Å². The molecule has 21 heavy (non-hydrogen) atoms. The van der Waals surface area contributed by atoms with Crippen molar-refractivity contribution in [3.05, 3.63) is 51.7 Å². The van der Waals surface area contributed by atoms with E-state index in [1.807, 2.05) is 29.6 Å². The van der Waals surface area contributed by atoms with Gasteiger partial charge in [-0.1, -0.05) is 18.2 Å². The fourth-order valence-electron chi connectivity index (χ4n) is 2.06. The Bertz CT molecular complexity index is 694. The zero-order chi connectivity index (χ0) is 15.5. The average Bonchev–Trinajstić information content (AvgIpc) is 2.98. The molecule has 0 aliphatic rings. The molecule has 114 valence electrons. The number of rotatable bonds is 6. The largest absolute Gasteiger partial charge is 0.326 e. The molecule has 0 saturated heterocycles. The van der Waals surface area contributed by atoms with Crippen LogP contribution in [0.2, 0.25) is 0 Å². The smallest absolute Gasteiger partial charge is 0.243 e. The van der Waals surface area contributed by atoms with Crippen LogP contribution in [0.5, 0.6) is 0 Å². The molecule has 0 amide bonds. The summed E-state index contributed by atoms with van der Waals surface area (Å²) >= 11 is 1.64. The summed E-state index contributed by atoms with van der Waals surface area (Å²) in [6, 6.07) is 9.34. The summed E-state index contributed by atoms with van der Waals surface area (Å²) in [4.78, 5) is 1.53. The summed E-state index contributed by atoms with van der Waals surface area (Å²) in [5.41, 5.74) is 7.17. The van der Waals surface area contributed by atoms with Gasteiger partial charge in [-0.25, -0.2) is 12.7 Å². The quantitative estimate of drug-likeness (QED) is 0.887. The van der Waals surface area contributed by atoms with Crippen LogP contribution in [0.25, 0.3) is 0 Å². The molecule has 2 rings (SSSR count). The van der Waals surface area contributed by atoms with Crippen molar-refractivity contribution in [1.82, 2.24) is 4.31 Å². The van der Waals surface area contributed by atoms with Crippen molar-refractivity contribution in [3.8, 4) is 0 Å². The molecule has 0 atom stereocenters. The van der Waals surface area contributed by atoms with Gasteiger partial charge < -0.3 is 5.73 Å². The van der Waals surface area contributed by atoms with Crippen LogP contribution in [0.1, 0.15) is 16.0 Å². The summed E-state index contributed by atoms with van der Waals surface area (Å²) < 4.78 is 26.8. The third-order valence-corrected chi connectivity index (χ3v) is 6.36. The SMILES string of the molecule is Cc1ccc(CN)cc1S(=O)(=O)N(C)CCc1cccs1. The number of hydrogen-bond acceptors (Lipinski definition) is 4. The average molecular weight is 324 g/mol. The predicted molar refractivity (Wildman–Crippen MR) is 86.9 cm³/mol. The molecule has 4 nitrogen and oxygen atoms in total. The Morgan fingerprint density at radius 2 is 2.05 bits per heavy atom. The lowest BCUT2D eigenvalue weighted by Crippen LogP contribution is -2.29. The van der Waals surface area contributed by atoms with Gasteiger partial charge in [-0.05, 0) is 42.0 Å². The van der Waals surface area contributed by atoms with Gasteiger partial charge in [0.1, 0.15) is 0 Å². The summed E-state index contributed by atoms with van der Waals surface area (Å²) in [7, 11) is -1.85. The number of benzene rings is 1. The molecule has 0 fully saturated rings. The highest BCUT2D eigenvalue weighted by Gasteiger charge is 2.22. The van der Waals surface area contributed by atoms with E-state index in [1.165, 1.54) is 9.18 Å². The second-order valence-corrected chi connectivity index (χ2v) is 8.01. The van der Waals surface area contributed by atoms with E-state index < -0.39 is 10.0 Å². The Kier molecular flexibility index (Phi) is 5.16. The van der Waals surface area contributed by atoms with Crippen LogP contribution < -0.4 is 5.73 Å². The first-order valence-electron chi connectivity index (χ1n) is 6.73. The number of hydrogen-bond donors (Lipinski definition) is 1. The molecule has 6 heteroatoms. The standard InChI is InChI=1S/C15H20N2O2S2/c1-12-5-6-13(11-16)10-15(12)21(18,19)17(2)8-7-14-4-3-9-20-14/h3-6,9-10H,7-8,11,16H2,1-2H3. The molecule has 0 unspecified atom stereocenters. The molecule has 2 N–H and O–H groups in total. The van der Waals surface area contributed by atoms with Crippen molar-refractivity contribution in [2.75, 3.05) is 13.6 Å². The van der Waals surface area contributed by atoms with Crippen molar-refractivity contribution in [2.24, 2.45) is 5.73 Å². The van der Waals surface area contributed by atoms with E-state index in [9.17, 15) is 8.42 Å². The number of nitrogens with two attached hydrogens (primary N) is 1. The highest BCUT2D eigenvalue weighted by atomic mass is 32.2. The van der Waals surface area contributed by atoms with Gasteiger partial charge in [0.05, 0.1) is 4.90 Å². The zero-order valence-electron chi connectivity index (χ0n) is 12.2. The normalized spacial score (nSPS) is 12.0. The van der Waals surface area contributed by atoms with Crippen LogP contribution in [-0.2, 0) is 23.0 Å². The summed E-state index contributed by atoms with van der Waals surface area (Å²) in [6.07, 6.45) is 0.725. The number of nitrogens with zero attached hydrogens (tertiary/aromatic N) is 1. The fourth-order valence-corrected chi connectivity index (χ4v) is 4.20. The van der Waals surface area contributed by atoms with E-state index in [0.29, 0.717) is 18.0 Å². The van der Waals surface area contributed by atoms with Crippen molar-refractivity contribution in [3.63, 3.8) is 0 Å². The molecule has 1 aromatic carbocycles. The molecular formula is C15H20N2O2S2. The Hall–Kier alpha value is -1.21. The lowest BCUT2D eigenvalue weighted by molar-refractivity contribution is 0.473. The van der Waals surface area contributed by atoms with Gasteiger partial charge in [0.15, 0.2) is 0 Å². The van der Waals surface area contributed by atoms with Gasteiger partial charge in [0.2, 0.25) is 10.0 Å². The molecule has 2 aromatic rings. The lowest BCUT2D eigenvalue weighted by atomic mass is 10.1. The van der Waals surface area contributed by atoms with E-state index in [0.717, 1.165) is 17.5 Å². The third kappa shape index (κ3) is 3.71. The number of likely N-dealkylation sites (N-methyl/N-ethyl adjacent to an activating group) is 1. The van der Waals surface area contributed by atoms with E-state index in [4.69, 9.17) is 5.73 Å². The maximum Gasteiger partial charge on any atom is 0.243 e. The Labute approximate surface area is 130 Å². The highest BCUT2D eigenvalue weighted by Crippen LogP contribution is 2.21. The van der Waals surface area contributed by atoms with E-state index >= 15 is 0 Å². The summed E-state index contributed by atoms with van der Waals surface area (Å²) in [6.45, 7) is 2.61. The Balaban J connectivity index is 2.20. The van der Waals surface area contributed by atoms with Gasteiger partial charge in [-0.15, -0.1) is 11.3 Å². The monoisotopic (exact) mass is 324 g/mol. The lowest BCUT2D eigenvalue weighted by Gasteiger charge is -2.18. The van der Waals surface area contributed by atoms with Crippen molar-refractivity contribution in [2.45, 2.75) is 24.8 Å². The first-order chi connectivity index (χ1) is 9.95. The van der Waals surface area contributed by atoms with Crippen LogP contribution in [0, 0.1) is 6.92 Å². The number of sulfonamides is 1. The van der Waals surface area contributed by atoms with Gasteiger partial charge in [0, 0.05) is 25.0 Å². The molecule has 0 aliphatic heterocycles. The topological polar surface area (TPSA) is 63.4 Å². The van der Waals surface area contributed by atoms with Crippen LogP contribution >= 0.6 is 11.3 Å².